The Morgan fingerprint density at radius 2 is 2.27 bits per heavy atom. The summed E-state index contributed by atoms with van der Waals surface area (Å²) in [6.45, 7) is 4.09. The Balaban J connectivity index is 2.78. The van der Waals surface area contributed by atoms with Gasteiger partial charge in [-0.2, -0.15) is 0 Å². The van der Waals surface area contributed by atoms with Crippen molar-refractivity contribution in [1.82, 2.24) is 0 Å². The standard InChI is InChI=1S/C11H20ClO2P/c1-4-5-6-15(13)7-9(2)11(12)10(8-15)14-3/h10H,4-8H2,1-3H3/t10-,15-/m0/s1. The van der Waals surface area contributed by atoms with Crippen LogP contribution >= 0.6 is 18.7 Å². The number of methoxy groups -OCH3 is 1. The van der Waals surface area contributed by atoms with Gasteiger partial charge in [0.2, 0.25) is 0 Å². The summed E-state index contributed by atoms with van der Waals surface area (Å²) in [6, 6.07) is 0. The van der Waals surface area contributed by atoms with Crippen LogP contribution in [0.2, 0.25) is 0 Å². The third kappa shape index (κ3) is 3.34. The van der Waals surface area contributed by atoms with Crippen LogP contribution in [0.4, 0.5) is 0 Å². The van der Waals surface area contributed by atoms with E-state index in [1.54, 1.807) is 7.11 Å². The second-order valence-corrected chi connectivity index (χ2v) is 7.98. The van der Waals surface area contributed by atoms with E-state index in [0.717, 1.165) is 29.6 Å². The second-order valence-electron chi connectivity index (χ2n) is 4.33. The van der Waals surface area contributed by atoms with E-state index in [0.29, 0.717) is 12.3 Å². The fourth-order valence-electron chi connectivity index (χ4n) is 2.02. The predicted molar refractivity (Wildman–Crippen MR) is 66.5 cm³/mol. The number of unbranched alkanes of at least 4 members (excludes halogenated alkanes) is 1. The van der Waals surface area contributed by atoms with Crippen molar-refractivity contribution in [3.05, 3.63) is 10.6 Å². The van der Waals surface area contributed by atoms with Gasteiger partial charge in [0.05, 0.1) is 13.2 Å². The van der Waals surface area contributed by atoms with Crippen molar-refractivity contribution in [2.75, 3.05) is 25.6 Å². The van der Waals surface area contributed by atoms with Crippen LogP contribution in [0, 0.1) is 0 Å². The zero-order chi connectivity index (χ0) is 11.5. The second kappa shape index (κ2) is 5.52. The molecular formula is C11H20ClO2P. The normalized spacial score (nSPS) is 32.1. The third-order valence-electron chi connectivity index (χ3n) is 2.92. The first-order valence-corrected chi connectivity index (χ1v) is 8.11. The number of allylic oxidation sites excluding steroid dienone is 1. The number of halogens is 1. The highest BCUT2D eigenvalue weighted by molar-refractivity contribution is 7.64. The van der Waals surface area contributed by atoms with Crippen molar-refractivity contribution in [1.29, 1.82) is 0 Å². The molecule has 0 aliphatic carbocycles. The molecule has 0 amide bonds. The highest BCUT2D eigenvalue weighted by atomic mass is 35.5. The molecule has 1 aliphatic heterocycles. The predicted octanol–water partition coefficient (Wildman–Crippen LogP) is 3.69. The first-order valence-electron chi connectivity index (χ1n) is 5.47. The van der Waals surface area contributed by atoms with E-state index in [1.165, 1.54) is 0 Å². The van der Waals surface area contributed by atoms with Gasteiger partial charge >= 0.3 is 0 Å². The van der Waals surface area contributed by atoms with Gasteiger partial charge in [-0.15, -0.1) is 0 Å². The summed E-state index contributed by atoms with van der Waals surface area (Å²) in [7, 11) is -0.429. The molecule has 0 spiro atoms. The Morgan fingerprint density at radius 3 is 2.80 bits per heavy atom. The Kier molecular flexibility index (Phi) is 4.89. The maximum atomic E-state index is 12.5. The molecule has 0 saturated carbocycles. The van der Waals surface area contributed by atoms with Crippen molar-refractivity contribution in [3.63, 3.8) is 0 Å². The Labute approximate surface area is 97.4 Å². The molecule has 1 rings (SSSR count). The topological polar surface area (TPSA) is 26.3 Å². The summed E-state index contributed by atoms with van der Waals surface area (Å²) in [5, 5.41) is 0.764. The van der Waals surface area contributed by atoms with Crippen LogP contribution < -0.4 is 0 Å². The average Bonchev–Trinajstić information content (AvgIpc) is 2.21. The van der Waals surface area contributed by atoms with Crippen LogP contribution in [-0.2, 0) is 9.30 Å². The largest absolute Gasteiger partial charge is 0.375 e. The minimum Gasteiger partial charge on any atom is -0.375 e. The minimum atomic E-state index is -2.06. The lowest BCUT2D eigenvalue weighted by molar-refractivity contribution is 0.152. The van der Waals surface area contributed by atoms with E-state index < -0.39 is 7.14 Å². The van der Waals surface area contributed by atoms with Gasteiger partial charge in [0.25, 0.3) is 0 Å². The van der Waals surface area contributed by atoms with Gasteiger partial charge in [-0.05, 0) is 18.9 Å². The number of ether oxygens (including phenoxy) is 1. The van der Waals surface area contributed by atoms with Crippen LogP contribution in [0.1, 0.15) is 26.7 Å². The third-order valence-corrected chi connectivity index (χ3v) is 6.66. The van der Waals surface area contributed by atoms with E-state index in [-0.39, 0.29) is 6.10 Å². The maximum Gasteiger partial charge on any atom is 0.0994 e. The molecule has 0 aromatic rings. The van der Waals surface area contributed by atoms with Crippen molar-refractivity contribution in [3.8, 4) is 0 Å². The maximum absolute atomic E-state index is 12.5. The van der Waals surface area contributed by atoms with Gasteiger partial charge in [-0.3, -0.25) is 0 Å². The Morgan fingerprint density at radius 1 is 1.60 bits per heavy atom. The molecule has 2 nitrogen and oxygen atoms in total. The van der Waals surface area contributed by atoms with Crippen LogP contribution in [0.5, 0.6) is 0 Å². The lowest BCUT2D eigenvalue weighted by Gasteiger charge is -2.29. The van der Waals surface area contributed by atoms with Gasteiger partial charge in [-0.1, -0.05) is 24.9 Å². The lowest BCUT2D eigenvalue weighted by Crippen LogP contribution is -2.24. The van der Waals surface area contributed by atoms with Crippen molar-refractivity contribution in [2.45, 2.75) is 32.8 Å². The van der Waals surface area contributed by atoms with Crippen LogP contribution in [-0.4, -0.2) is 31.7 Å². The molecular weight excluding hydrogens is 231 g/mol. The zero-order valence-corrected chi connectivity index (χ0v) is 11.4. The monoisotopic (exact) mass is 250 g/mol. The summed E-state index contributed by atoms with van der Waals surface area (Å²) >= 11 is 6.13. The van der Waals surface area contributed by atoms with Gasteiger partial charge in [0.15, 0.2) is 0 Å². The first-order chi connectivity index (χ1) is 7.02. The molecule has 0 aromatic heterocycles. The summed E-state index contributed by atoms with van der Waals surface area (Å²) < 4.78 is 17.8. The Hall–Kier alpha value is 0.220. The van der Waals surface area contributed by atoms with Crippen LogP contribution in [0.25, 0.3) is 0 Å². The fraction of sp³-hybridized carbons (Fsp3) is 0.818. The highest BCUT2D eigenvalue weighted by Crippen LogP contribution is 2.53. The molecule has 15 heavy (non-hydrogen) atoms. The quantitative estimate of drug-likeness (QED) is 0.712. The minimum absolute atomic E-state index is 0.136. The van der Waals surface area contributed by atoms with Crippen LogP contribution in [0.15, 0.2) is 10.6 Å². The van der Waals surface area contributed by atoms with Gasteiger partial charge in [-0.25, -0.2) is 0 Å². The van der Waals surface area contributed by atoms with Crippen molar-refractivity contribution < 1.29 is 9.30 Å². The molecule has 0 radical (unpaired) electrons. The summed E-state index contributed by atoms with van der Waals surface area (Å²) in [5.41, 5.74) is 1.05. The molecule has 4 heteroatoms. The lowest BCUT2D eigenvalue weighted by atomic mass is 10.2. The molecule has 88 valence electrons. The van der Waals surface area contributed by atoms with Crippen molar-refractivity contribution in [2.24, 2.45) is 0 Å². The van der Waals surface area contributed by atoms with E-state index in [4.69, 9.17) is 16.3 Å². The molecule has 0 saturated heterocycles. The van der Waals surface area contributed by atoms with Gasteiger partial charge in [0.1, 0.15) is 0 Å². The molecule has 0 bridgehead atoms. The number of hydrogen-bond acceptors (Lipinski definition) is 2. The van der Waals surface area contributed by atoms with Crippen molar-refractivity contribution >= 4 is 18.7 Å². The van der Waals surface area contributed by atoms with Gasteiger partial charge in [0, 0.05) is 30.6 Å². The smallest absolute Gasteiger partial charge is 0.0994 e. The SMILES string of the molecule is CCCC[P@]1(=O)CC(C)=C(Cl)[C@@H](OC)C1. The average molecular weight is 251 g/mol. The molecule has 2 atom stereocenters. The van der Waals surface area contributed by atoms with Crippen LogP contribution in [0.3, 0.4) is 0 Å². The fourth-order valence-corrected chi connectivity index (χ4v) is 5.79. The molecule has 1 heterocycles. The summed E-state index contributed by atoms with van der Waals surface area (Å²) in [6.07, 6.45) is 4.15. The summed E-state index contributed by atoms with van der Waals surface area (Å²) in [4.78, 5) is 0. The summed E-state index contributed by atoms with van der Waals surface area (Å²) in [5.74, 6) is 0. The molecule has 0 fully saturated rings. The van der Waals surface area contributed by atoms with Gasteiger partial charge < -0.3 is 9.30 Å². The number of rotatable bonds is 4. The van der Waals surface area contributed by atoms with E-state index in [1.807, 2.05) is 6.92 Å². The van der Waals surface area contributed by atoms with E-state index in [2.05, 4.69) is 6.92 Å². The first kappa shape index (κ1) is 13.3. The molecule has 1 aliphatic rings. The molecule has 0 aromatic carbocycles. The Bertz CT molecular complexity index is 299. The molecule has 0 unspecified atom stereocenters. The highest BCUT2D eigenvalue weighted by Gasteiger charge is 2.33. The number of hydrogen-bond donors (Lipinski definition) is 0. The van der Waals surface area contributed by atoms with E-state index >= 15 is 0 Å². The van der Waals surface area contributed by atoms with E-state index in [9.17, 15) is 4.57 Å². The zero-order valence-electron chi connectivity index (χ0n) is 9.75. The molecule has 0 N–H and O–H groups in total.